The number of nitro groups is 1. The Balaban J connectivity index is 1.93. The lowest BCUT2D eigenvalue weighted by molar-refractivity contribution is -0.385. The molecule has 1 heterocycles. The zero-order chi connectivity index (χ0) is 14.5. The van der Waals surface area contributed by atoms with Crippen molar-refractivity contribution in [2.45, 2.75) is 32.9 Å². The second-order valence-electron chi connectivity index (χ2n) is 4.94. The molecule has 2 aromatic rings. The zero-order valence-electron chi connectivity index (χ0n) is 11.6. The Hall–Kier alpha value is -1.72. The Labute approximate surface area is 122 Å². The van der Waals surface area contributed by atoms with Gasteiger partial charge in [0.2, 0.25) is 0 Å². The van der Waals surface area contributed by atoms with Gasteiger partial charge in [0.05, 0.1) is 4.92 Å². The quantitative estimate of drug-likeness (QED) is 0.652. The number of nitrogens with zero attached hydrogens (tertiary/aromatic N) is 1. The maximum Gasteiger partial charge on any atom is 0.272 e. The van der Waals surface area contributed by atoms with Crippen molar-refractivity contribution in [1.29, 1.82) is 0 Å². The van der Waals surface area contributed by atoms with Gasteiger partial charge in [0, 0.05) is 29.1 Å². The summed E-state index contributed by atoms with van der Waals surface area (Å²) >= 11 is 1.75. The minimum Gasteiger partial charge on any atom is -0.310 e. The van der Waals surface area contributed by atoms with Gasteiger partial charge in [0.15, 0.2) is 0 Å². The van der Waals surface area contributed by atoms with Crippen LogP contribution in [0.2, 0.25) is 0 Å². The number of thiophene rings is 1. The molecule has 1 unspecified atom stereocenters. The van der Waals surface area contributed by atoms with Crippen molar-refractivity contribution in [3.05, 3.63) is 61.8 Å². The SMILES string of the molecule is Cc1ccc(CNC(C)Cc2cccs2)cc1[N+](=O)[O-]. The topological polar surface area (TPSA) is 55.2 Å². The molecule has 0 aliphatic rings. The van der Waals surface area contributed by atoms with Crippen LogP contribution in [0.15, 0.2) is 35.7 Å². The molecule has 106 valence electrons. The molecule has 2 rings (SSSR count). The van der Waals surface area contributed by atoms with Crippen LogP contribution in [0.4, 0.5) is 5.69 Å². The van der Waals surface area contributed by atoms with Crippen LogP contribution in [-0.2, 0) is 13.0 Å². The molecular formula is C15H18N2O2S. The first-order valence-electron chi connectivity index (χ1n) is 6.56. The van der Waals surface area contributed by atoms with Gasteiger partial charge in [-0.3, -0.25) is 10.1 Å². The summed E-state index contributed by atoms with van der Waals surface area (Å²) in [4.78, 5) is 11.9. The minimum absolute atomic E-state index is 0.190. The van der Waals surface area contributed by atoms with Crippen LogP contribution in [0, 0.1) is 17.0 Å². The maximum absolute atomic E-state index is 10.9. The number of rotatable bonds is 6. The molecule has 0 spiro atoms. The highest BCUT2D eigenvalue weighted by atomic mass is 32.1. The minimum atomic E-state index is -0.325. The molecule has 0 radical (unpaired) electrons. The van der Waals surface area contributed by atoms with E-state index in [1.54, 1.807) is 30.4 Å². The summed E-state index contributed by atoms with van der Waals surface area (Å²) in [6.45, 7) is 4.53. The predicted octanol–water partition coefficient (Wildman–Crippen LogP) is 3.69. The summed E-state index contributed by atoms with van der Waals surface area (Å²) in [5.74, 6) is 0. The molecule has 0 saturated heterocycles. The fourth-order valence-electron chi connectivity index (χ4n) is 2.06. The third kappa shape index (κ3) is 3.88. The first kappa shape index (κ1) is 14.7. The molecule has 0 fully saturated rings. The highest BCUT2D eigenvalue weighted by Gasteiger charge is 2.11. The van der Waals surface area contributed by atoms with E-state index < -0.39 is 0 Å². The van der Waals surface area contributed by atoms with Crippen LogP contribution < -0.4 is 5.32 Å². The number of hydrogen-bond acceptors (Lipinski definition) is 4. The highest BCUT2D eigenvalue weighted by Crippen LogP contribution is 2.19. The zero-order valence-corrected chi connectivity index (χ0v) is 12.4. The van der Waals surface area contributed by atoms with Crippen molar-refractivity contribution in [3.8, 4) is 0 Å². The van der Waals surface area contributed by atoms with Crippen LogP contribution >= 0.6 is 11.3 Å². The first-order chi connectivity index (χ1) is 9.56. The van der Waals surface area contributed by atoms with Crippen molar-refractivity contribution in [3.63, 3.8) is 0 Å². The number of nitro benzene ring substituents is 1. The van der Waals surface area contributed by atoms with Crippen molar-refractivity contribution >= 4 is 17.0 Å². The number of nitrogens with one attached hydrogen (secondary N) is 1. The second kappa shape index (κ2) is 6.63. The number of aryl methyl sites for hydroxylation is 1. The van der Waals surface area contributed by atoms with Crippen LogP contribution in [0.1, 0.15) is 22.9 Å². The molecule has 1 atom stereocenters. The molecule has 1 aromatic heterocycles. The van der Waals surface area contributed by atoms with Gasteiger partial charge in [-0.25, -0.2) is 0 Å². The summed E-state index contributed by atoms with van der Waals surface area (Å²) in [5, 5.41) is 16.4. The average Bonchev–Trinajstić information content (AvgIpc) is 2.90. The maximum atomic E-state index is 10.9. The van der Waals surface area contributed by atoms with E-state index in [-0.39, 0.29) is 10.6 Å². The Kier molecular flexibility index (Phi) is 4.87. The van der Waals surface area contributed by atoms with E-state index in [0.29, 0.717) is 18.2 Å². The van der Waals surface area contributed by atoms with Gasteiger partial charge in [-0.05, 0) is 37.3 Å². The monoisotopic (exact) mass is 290 g/mol. The van der Waals surface area contributed by atoms with Crippen molar-refractivity contribution < 1.29 is 4.92 Å². The van der Waals surface area contributed by atoms with Crippen LogP contribution in [0.25, 0.3) is 0 Å². The molecule has 0 amide bonds. The normalized spacial score (nSPS) is 12.3. The van der Waals surface area contributed by atoms with E-state index in [0.717, 1.165) is 12.0 Å². The van der Waals surface area contributed by atoms with Crippen molar-refractivity contribution in [1.82, 2.24) is 5.32 Å². The molecule has 20 heavy (non-hydrogen) atoms. The summed E-state index contributed by atoms with van der Waals surface area (Å²) in [7, 11) is 0. The molecule has 1 aromatic carbocycles. The molecule has 1 N–H and O–H groups in total. The Morgan fingerprint density at radius 1 is 1.40 bits per heavy atom. The second-order valence-corrected chi connectivity index (χ2v) is 5.98. The van der Waals surface area contributed by atoms with E-state index in [4.69, 9.17) is 0 Å². The largest absolute Gasteiger partial charge is 0.310 e. The van der Waals surface area contributed by atoms with Crippen LogP contribution in [0.5, 0.6) is 0 Å². The standard InChI is InChI=1S/C15H18N2O2S/c1-11-5-6-13(9-15(11)17(18)19)10-16-12(2)8-14-4-3-7-20-14/h3-7,9,12,16H,8,10H2,1-2H3. The van der Waals surface area contributed by atoms with Crippen molar-refractivity contribution in [2.75, 3.05) is 0 Å². The Bertz CT molecular complexity index is 582. The van der Waals surface area contributed by atoms with E-state index in [1.165, 1.54) is 4.88 Å². The van der Waals surface area contributed by atoms with Gasteiger partial charge in [-0.15, -0.1) is 11.3 Å². The molecular weight excluding hydrogens is 272 g/mol. The lowest BCUT2D eigenvalue weighted by atomic mass is 10.1. The summed E-state index contributed by atoms with van der Waals surface area (Å²) < 4.78 is 0. The van der Waals surface area contributed by atoms with E-state index in [2.05, 4.69) is 29.8 Å². The summed E-state index contributed by atoms with van der Waals surface area (Å²) in [6.07, 6.45) is 0.978. The van der Waals surface area contributed by atoms with Gasteiger partial charge in [0.1, 0.15) is 0 Å². The smallest absolute Gasteiger partial charge is 0.272 e. The fraction of sp³-hybridized carbons (Fsp3) is 0.333. The molecule has 0 saturated carbocycles. The number of hydrogen-bond donors (Lipinski definition) is 1. The van der Waals surface area contributed by atoms with E-state index >= 15 is 0 Å². The Morgan fingerprint density at radius 3 is 2.85 bits per heavy atom. The summed E-state index contributed by atoms with van der Waals surface area (Å²) in [5.41, 5.74) is 1.83. The molecule has 0 aliphatic heterocycles. The molecule has 4 nitrogen and oxygen atoms in total. The van der Waals surface area contributed by atoms with Gasteiger partial charge in [0.25, 0.3) is 5.69 Å². The van der Waals surface area contributed by atoms with Gasteiger partial charge in [-0.1, -0.05) is 18.2 Å². The van der Waals surface area contributed by atoms with Crippen molar-refractivity contribution in [2.24, 2.45) is 0 Å². The van der Waals surface area contributed by atoms with Gasteiger partial charge < -0.3 is 5.32 Å². The van der Waals surface area contributed by atoms with Crippen LogP contribution in [-0.4, -0.2) is 11.0 Å². The Morgan fingerprint density at radius 2 is 2.20 bits per heavy atom. The highest BCUT2D eigenvalue weighted by molar-refractivity contribution is 7.09. The molecule has 0 bridgehead atoms. The van der Waals surface area contributed by atoms with E-state index in [1.807, 2.05) is 6.07 Å². The average molecular weight is 290 g/mol. The van der Waals surface area contributed by atoms with E-state index in [9.17, 15) is 10.1 Å². The number of benzene rings is 1. The molecule has 0 aliphatic carbocycles. The summed E-state index contributed by atoms with van der Waals surface area (Å²) in [6, 6.07) is 9.91. The third-order valence-electron chi connectivity index (χ3n) is 3.21. The van der Waals surface area contributed by atoms with Gasteiger partial charge >= 0.3 is 0 Å². The first-order valence-corrected chi connectivity index (χ1v) is 7.44. The lowest BCUT2D eigenvalue weighted by Crippen LogP contribution is -2.27. The third-order valence-corrected chi connectivity index (χ3v) is 4.11. The van der Waals surface area contributed by atoms with Crippen LogP contribution in [0.3, 0.4) is 0 Å². The fourth-order valence-corrected chi connectivity index (χ4v) is 2.89. The molecule has 5 heteroatoms. The van der Waals surface area contributed by atoms with Gasteiger partial charge in [-0.2, -0.15) is 0 Å². The predicted molar refractivity (Wildman–Crippen MR) is 82.2 cm³/mol. The lowest BCUT2D eigenvalue weighted by Gasteiger charge is -2.13.